The highest BCUT2D eigenvalue weighted by Crippen LogP contribution is 2.49. The summed E-state index contributed by atoms with van der Waals surface area (Å²) in [5, 5.41) is 0. The fraction of sp³-hybridized carbons (Fsp3) is 0.786. The Bertz CT molecular complexity index is 709. The quantitative estimate of drug-likeness (QED) is 0.390. The Morgan fingerprint density at radius 2 is 1.67 bits per heavy atom. The standard InChI is InChI=1S/C28H42F2/c1-3-4-5-6-7-8-20-10-14-25-24(16-20)18-26(29)27(28(25)30)23-13-12-21-15-19(2)9-11-22(21)17-23/h18-23H,3-17H2,1-2H3. The molecule has 4 rings (SSSR count). The highest BCUT2D eigenvalue weighted by molar-refractivity contribution is 5.39. The highest BCUT2D eigenvalue weighted by Gasteiger charge is 2.37. The molecular weight excluding hydrogens is 374 g/mol. The molecule has 3 aliphatic rings. The first kappa shape index (κ1) is 22.3. The first-order valence-corrected chi connectivity index (χ1v) is 13.1. The average molecular weight is 417 g/mol. The van der Waals surface area contributed by atoms with E-state index in [1.54, 1.807) is 6.07 Å². The van der Waals surface area contributed by atoms with Crippen molar-refractivity contribution in [1.29, 1.82) is 0 Å². The van der Waals surface area contributed by atoms with Crippen molar-refractivity contribution in [2.45, 2.75) is 116 Å². The molecule has 0 nitrogen and oxygen atoms in total. The fourth-order valence-electron chi connectivity index (χ4n) is 6.98. The van der Waals surface area contributed by atoms with Crippen molar-refractivity contribution in [3.63, 3.8) is 0 Å². The molecule has 2 saturated carbocycles. The van der Waals surface area contributed by atoms with Crippen LogP contribution in [0, 0.1) is 35.3 Å². The Hall–Kier alpha value is -0.920. The Kier molecular flexibility index (Phi) is 7.53. The van der Waals surface area contributed by atoms with Crippen LogP contribution < -0.4 is 0 Å². The lowest BCUT2D eigenvalue weighted by molar-refractivity contribution is 0.122. The minimum atomic E-state index is -0.248. The topological polar surface area (TPSA) is 0 Å². The van der Waals surface area contributed by atoms with Crippen LogP contribution in [0.1, 0.15) is 120 Å². The van der Waals surface area contributed by atoms with E-state index in [2.05, 4.69) is 13.8 Å². The predicted molar refractivity (Wildman–Crippen MR) is 122 cm³/mol. The zero-order valence-corrected chi connectivity index (χ0v) is 19.3. The fourth-order valence-corrected chi connectivity index (χ4v) is 6.98. The van der Waals surface area contributed by atoms with Crippen LogP contribution in [-0.2, 0) is 12.8 Å². The van der Waals surface area contributed by atoms with Crippen LogP contribution in [0.5, 0.6) is 0 Å². The number of hydrogen-bond acceptors (Lipinski definition) is 0. The number of fused-ring (bicyclic) bond motifs is 2. The molecule has 30 heavy (non-hydrogen) atoms. The summed E-state index contributed by atoms with van der Waals surface area (Å²) in [6.45, 7) is 4.61. The minimum absolute atomic E-state index is 0.0984. The molecule has 1 aromatic carbocycles. The van der Waals surface area contributed by atoms with Gasteiger partial charge in [0.05, 0.1) is 0 Å². The van der Waals surface area contributed by atoms with Gasteiger partial charge in [-0.25, -0.2) is 8.78 Å². The lowest BCUT2D eigenvalue weighted by Crippen LogP contribution is -2.30. The third-order valence-corrected chi connectivity index (χ3v) is 8.76. The van der Waals surface area contributed by atoms with Crippen LogP contribution in [0.2, 0.25) is 0 Å². The van der Waals surface area contributed by atoms with Gasteiger partial charge in [-0.1, -0.05) is 58.8 Å². The van der Waals surface area contributed by atoms with Gasteiger partial charge in [-0.05, 0) is 98.1 Å². The molecule has 5 unspecified atom stereocenters. The van der Waals surface area contributed by atoms with Gasteiger partial charge in [0.1, 0.15) is 11.6 Å². The summed E-state index contributed by atoms with van der Waals surface area (Å²) in [4.78, 5) is 0. The lowest BCUT2D eigenvalue weighted by Gasteiger charge is -2.42. The molecule has 0 amide bonds. The van der Waals surface area contributed by atoms with Gasteiger partial charge >= 0.3 is 0 Å². The normalized spacial score (nSPS) is 31.3. The van der Waals surface area contributed by atoms with Crippen molar-refractivity contribution in [1.82, 2.24) is 0 Å². The molecule has 0 heterocycles. The van der Waals surface area contributed by atoms with Crippen LogP contribution in [-0.4, -0.2) is 0 Å². The summed E-state index contributed by atoms with van der Waals surface area (Å²) in [5.74, 6) is 2.62. The third kappa shape index (κ3) is 4.94. The summed E-state index contributed by atoms with van der Waals surface area (Å²) >= 11 is 0. The van der Waals surface area contributed by atoms with Crippen molar-refractivity contribution >= 4 is 0 Å². The molecule has 5 atom stereocenters. The number of hydrogen-bond donors (Lipinski definition) is 0. The van der Waals surface area contributed by atoms with Crippen molar-refractivity contribution in [3.05, 3.63) is 34.4 Å². The molecule has 2 heteroatoms. The molecule has 0 radical (unpaired) electrons. The minimum Gasteiger partial charge on any atom is -0.207 e. The van der Waals surface area contributed by atoms with E-state index in [0.29, 0.717) is 17.4 Å². The summed E-state index contributed by atoms with van der Waals surface area (Å²) < 4.78 is 30.8. The molecule has 1 aromatic rings. The van der Waals surface area contributed by atoms with E-state index < -0.39 is 0 Å². The maximum absolute atomic E-state index is 15.6. The van der Waals surface area contributed by atoms with Crippen molar-refractivity contribution in [2.75, 3.05) is 0 Å². The second kappa shape index (κ2) is 10.1. The van der Waals surface area contributed by atoms with Gasteiger partial charge < -0.3 is 0 Å². The lowest BCUT2D eigenvalue weighted by atomic mass is 9.64. The Balaban J connectivity index is 1.41. The maximum Gasteiger partial charge on any atom is 0.133 e. The van der Waals surface area contributed by atoms with Crippen LogP contribution in [0.4, 0.5) is 8.78 Å². The molecule has 0 N–H and O–H groups in total. The van der Waals surface area contributed by atoms with Crippen LogP contribution in [0.25, 0.3) is 0 Å². The van der Waals surface area contributed by atoms with Crippen molar-refractivity contribution < 1.29 is 8.78 Å². The SMILES string of the molecule is CCCCCCCC1CCc2c(cc(F)c(C3CCC4CC(C)CCC4C3)c2F)C1. The van der Waals surface area contributed by atoms with Gasteiger partial charge in [0.25, 0.3) is 0 Å². The smallest absolute Gasteiger partial charge is 0.133 e. The molecule has 0 aromatic heterocycles. The Labute approximate surface area is 183 Å². The second-order valence-corrected chi connectivity index (χ2v) is 11.0. The first-order valence-electron chi connectivity index (χ1n) is 13.1. The number of benzene rings is 1. The molecule has 3 aliphatic carbocycles. The highest BCUT2D eigenvalue weighted by atomic mass is 19.1. The van der Waals surface area contributed by atoms with Crippen LogP contribution >= 0.6 is 0 Å². The van der Waals surface area contributed by atoms with Gasteiger partial charge in [-0.15, -0.1) is 0 Å². The van der Waals surface area contributed by atoms with E-state index in [1.165, 1.54) is 57.8 Å². The van der Waals surface area contributed by atoms with E-state index in [-0.39, 0.29) is 17.6 Å². The largest absolute Gasteiger partial charge is 0.207 e. The molecular formula is C28H42F2. The van der Waals surface area contributed by atoms with Crippen LogP contribution in [0.3, 0.4) is 0 Å². The zero-order valence-electron chi connectivity index (χ0n) is 19.3. The third-order valence-electron chi connectivity index (χ3n) is 8.76. The molecule has 0 aliphatic heterocycles. The van der Waals surface area contributed by atoms with Crippen LogP contribution in [0.15, 0.2) is 6.07 Å². The van der Waals surface area contributed by atoms with Gasteiger partial charge in [-0.2, -0.15) is 0 Å². The summed E-state index contributed by atoms with van der Waals surface area (Å²) in [5.41, 5.74) is 2.27. The number of rotatable bonds is 7. The number of halogens is 2. The van der Waals surface area contributed by atoms with E-state index in [1.807, 2.05) is 0 Å². The maximum atomic E-state index is 15.6. The van der Waals surface area contributed by atoms with E-state index in [4.69, 9.17) is 0 Å². The van der Waals surface area contributed by atoms with Crippen molar-refractivity contribution in [3.8, 4) is 0 Å². The number of unbranched alkanes of at least 4 members (excludes halogenated alkanes) is 4. The molecule has 168 valence electrons. The molecule has 0 saturated heterocycles. The molecule has 2 fully saturated rings. The van der Waals surface area contributed by atoms with Gasteiger partial charge in [0.15, 0.2) is 0 Å². The second-order valence-electron chi connectivity index (χ2n) is 11.0. The van der Waals surface area contributed by atoms with E-state index in [9.17, 15) is 0 Å². The summed E-state index contributed by atoms with van der Waals surface area (Å²) in [7, 11) is 0. The predicted octanol–water partition coefficient (Wildman–Crippen LogP) is 8.75. The average Bonchev–Trinajstić information content (AvgIpc) is 2.73. The zero-order chi connectivity index (χ0) is 21.1. The summed E-state index contributed by atoms with van der Waals surface area (Å²) in [6, 6.07) is 1.73. The molecule has 0 spiro atoms. The molecule has 0 bridgehead atoms. The Morgan fingerprint density at radius 3 is 2.50 bits per heavy atom. The first-order chi connectivity index (χ1) is 14.6. The monoisotopic (exact) mass is 416 g/mol. The van der Waals surface area contributed by atoms with Gasteiger partial charge in [0.2, 0.25) is 0 Å². The van der Waals surface area contributed by atoms with Gasteiger partial charge in [-0.3, -0.25) is 0 Å². The Morgan fingerprint density at radius 1 is 0.900 bits per heavy atom. The van der Waals surface area contributed by atoms with E-state index >= 15 is 8.78 Å². The van der Waals surface area contributed by atoms with E-state index in [0.717, 1.165) is 61.5 Å². The van der Waals surface area contributed by atoms with Gasteiger partial charge in [0, 0.05) is 5.56 Å². The van der Waals surface area contributed by atoms with Crippen molar-refractivity contribution in [2.24, 2.45) is 23.7 Å². The summed E-state index contributed by atoms with van der Waals surface area (Å²) in [6.07, 6.45) is 17.5.